The Balaban J connectivity index is 1.42. The summed E-state index contributed by atoms with van der Waals surface area (Å²) in [5.41, 5.74) is 0.886. The zero-order valence-corrected chi connectivity index (χ0v) is 15.0. The van der Waals surface area contributed by atoms with E-state index in [9.17, 15) is 4.39 Å². The van der Waals surface area contributed by atoms with Crippen LogP contribution in [-0.2, 0) is 0 Å². The van der Waals surface area contributed by atoms with E-state index >= 15 is 0 Å². The molecule has 2 aromatic carbocycles. The van der Waals surface area contributed by atoms with Gasteiger partial charge in [-0.3, -0.25) is 0 Å². The van der Waals surface area contributed by atoms with Crippen molar-refractivity contribution in [3.05, 3.63) is 58.8 Å². The summed E-state index contributed by atoms with van der Waals surface area (Å²) in [6.45, 7) is 0.548. The first-order valence-electron chi connectivity index (χ1n) is 7.31. The van der Waals surface area contributed by atoms with Crippen LogP contribution in [0.25, 0.3) is 11.5 Å². The summed E-state index contributed by atoms with van der Waals surface area (Å²) in [6, 6.07) is 13.7. The molecule has 0 atom stereocenters. The van der Waals surface area contributed by atoms with Gasteiger partial charge >= 0.3 is 0 Å². The number of aromatic nitrogens is 2. The maximum Gasteiger partial charge on any atom is 0.276 e. The van der Waals surface area contributed by atoms with Crippen molar-refractivity contribution in [1.29, 1.82) is 0 Å². The first-order chi connectivity index (χ1) is 11.7. The van der Waals surface area contributed by atoms with Gasteiger partial charge in [0.15, 0.2) is 0 Å². The third kappa shape index (κ3) is 4.82. The zero-order valence-electron chi connectivity index (χ0n) is 12.6. The molecule has 0 bridgehead atoms. The van der Waals surface area contributed by atoms with Gasteiger partial charge in [0.1, 0.15) is 11.6 Å². The van der Waals surface area contributed by atoms with Gasteiger partial charge in [0.2, 0.25) is 5.89 Å². The number of halogens is 2. The Hall–Kier alpha value is -1.86. The lowest BCUT2D eigenvalue weighted by atomic mass is 10.2. The van der Waals surface area contributed by atoms with E-state index in [1.165, 1.54) is 23.9 Å². The standard InChI is InChI=1S/C17H14BrFN2O2S/c18-13-4-2-12(3-5-13)16-20-21-17(23-16)24-11-1-10-22-15-8-6-14(19)7-9-15/h2-9H,1,10-11H2. The summed E-state index contributed by atoms with van der Waals surface area (Å²) in [4.78, 5) is 0. The molecule has 124 valence electrons. The van der Waals surface area contributed by atoms with Crippen molar-refractivity contribution in [3.63, 3.8) is 0 Å². The van der Waals surface area contributed by atoms with Gasteiger partial charge in [-0.15, -0.1) is 10.2 Å². The highest BCUT2D eigenvalue weighted by Crippen LogP contribution is 2.24. The van der Waals surface area contributed by atoms with Gasteiger partial charge in [-0.25, -0.2) is 4.39 Å². The van der Waals surface area contributed by atoms with Gasteiger partial charge in [0, 0.05) is 15.8 Å². The quantitative estimate of drug-likeness (QED) is 0.397. The fraction of sp³-hybridized carbons (Fsp3) is 0.176. The van der Waals surface area contributed by atoms with Crippen LogP contribution in [0, 0.1) is 5.82 Å². The highest BCUT2D eigenvalue weighted by Gasteiger charge is 2.08. The molecule has 0 aliphatic carbocycles. The van der Waals surface area contributed by atoms with E-state index < -0.39 is 0 Å². The van der Waals surface area contributed by atoms with Gasteiger partial charge in [0.05, 0.1) is 6.61 Å². The average molecular weight is 409 g/mol. The fourth-order valence-corrected chi connectivity index (χ4v) is 2.85. The largest absolute Gasteiger partial charge is 0.494 e. The van der Waals surface area contributed by atoms with Crippen LogP contribution >= 0.6 is 27.7 Å². The highest BCUT2D eigenvalue weighted by molar-refractivity contribution is 9.10. The number of thioether (sulfide) groups is 1. The summed E-state index contributed by atoms with van der Waals surface area (Å²) in [7, 11) is 0. The summed E-state index contributed by atoms with van der Waals surface area (Å²) in [5.74, 6) is 1.70. The lowest BCUT2D eigenvalue weighted by molar-refractivity contribution is 0.318. The van der Waals surface area contributed by atoms with Crippen molar-refractivity contribution in [2.45, 2.75) is 11.6 Å². The Labute approximate surface area is 151 Å². The molecular weight excluding hydrogens is 395 g/mol. The van der Waals surface area contributed by atoms with Crippen LogP contribution in [0.2, 0.25) is 0 Å². The Bertz CT molecular complexity index is 778. The van der Waals surface area contributed by atoms with Crippen molar-refractivity contribution >= 4 is 27.7 Å². The second-order valence-electron chi connectivity index (χ2n) is 4.88. The molecule has 0 fully saturated rings. The summed E-state index contributed by atoms with van der Waals surface area (Å²) < 4.78 is 24.9. The molecule has 0 saturated carbocycles. The Morgan fingerprint density at radius 1 is 1.04 bits per heavy atom. The van der Waals surface area contributed by atoms with Gasteiger partial charge in [-0.05, 0) is 55.0 Å². The number of nitrogens with zero attached hydrogens (tertiary/aromatic N) is 2. The first-order valence-corrected chi connectivity index (χ1v) is 9.09. The van der Waals surface area contributed by atoms with Crippen LogP contribution in [0.1, 0.15) is 6.42 Å². The SMILES string of the molecule is Fc1ccc(OCCCSc2nnc(-c3ccc(Br)cc3)o2)cc1. The van der Waals surface area contributed by atoms with Crippen molar-refractivity contribution in [2.24, 2.45) is 0 Å². The number of hydrogen-bond donors (Lipinski definition) is 0. The summed E-state index contributed by atoms with van der Waals surface area (Å²) in [5, 5.41) is 8.62. The van der Waals surface area contributed by atoms with E-state index in [4.69, 9.17) is 9.15 Å². The van der Waals surface area contributed by atoms with Gasteiger partial charge in [0.25, 0.3) is 5.22 Å². The normalized spacial score (nSPS) is 10.8. The maximum absolute atomic E-state index is 12.8. The van der Waals surface area contributed by atoms with Crippen LogP contribution in [0.15, 0.2) is 62.6 Å². The molecule has 1 heterocycles. The number of rotatable bonds is 7. The smallest absolute Gasteiger partial charge is 0.276 e. The van der Waals surface area contributed by atoms with Gasteiger partial charge in [-0.2, -0.15) is 0 Å². The molecule has 0 unspecified atom stereocenters. The van der Waals surface area contributed by atoms with Crippen LogP contribution in [-0.4, -0.2) is 22.6 Å². The monoisotopic (exact) mass is 408 g/mol. The molecule has 0 aliphatic heterocycles. The molecule has 24 heavy (non-hydrogen) atoms. The zero-order chi connectivity index (χ0) is 16.8. The van der Waals surface area contributed by atoms with Crippen molar-refractivity contribution in [1.82, 2.24) is 10.2 Å². The Morgan fingerprint density at radius 3 is 2.54 bits per heavy atom. The van der Waals surface area contributed by atoms with E-state index in [0.29, 0.717) is 23.5 Å². The van der Waals surface area contributed by atoms with E-state index in [1.54, 1.807) is 12.1 Å². The van der Waals surface area contributed by atoms with E-state index in [1.807, 2.05) is 24.3 Å². The van der Waals surface area contributed by atoms with Crippen molar-refractivity contribution in [2.75, 3.05) is 12.4 Å². The molecule has 0 N–H and O–H groups in total. The molecule has 0 amide bonds. The predicted molar refractivity (Wildman–Crippen MR) is 94.7 cm³/mol. The molecule has 1 aromatic heterocycles. The molecule has 0 saturated heterocycles. The predicted octanol–water partition coefficient (Wildman–Crippen LogP) is 5.20. The summed E-state index contributed by atoms with van der Waals surface area (Å²) >= 11 is 4.88. The number of hydrogen-bond acceptors (Lipinski definition) is 5. The van der Waals surface area contributed by atoms with E-state index in [-0.39, 0.29) is 5.82 Å². The van der Waals surface area contributed by atoms with Crippen LogP contribution in [0.3, 0.4) is 0 Å². The molecule has 3 rings (SSSR count). The fourth-order valence-electron chi connectivity index (χ4n) is 1.92. The molecule has 0 radical (unpaired) electrons. The van der Waals surface area contributed by atoms with Crippen LogP contribution in [0.5, 0.6) is 5.75 Å². The summed E-state index contributed by atoms with van der Waals surface area (Å²) in [6.07, 6.45) is 0.818. The average Bonchev–Trinajstić information content (AvgIpc) is 3.06. The lowest BCUT2D eigenvalue weighted by Crippen LogP contribution is -1.98. The number of benzene rings is 2. The van der Waals surface area contributed by atoms with E-state index in [2.05, 4.69) is 26.1 Å². The molecular formula is C17H14BrFN2O2S. The molecule has 7 heteroatoms. The minimum atomic E-state index is -0.268. The minimum Gasteiger partial charge on any atom is -0.494 e. The minimum absolute atomic E-state index is 0.268. The van der Waals surface area contributed by atoms with E-state index in [0.717, 1.165) is 22.2 Å². The Kier molecular flexibility index (Phi) is 5.87. The van der Waals surface area contributed by atoms with Crippen molar-refractivity contribution in [3.8, 4) is 17.2 Å². The first kappa shape index (κ1) is 17.0. The second kappa shape index (κ2) is 8.30. The van der Waals surface area contributed by atoms with Gasteiger partial charge in [-0.1, -0.05) is 27.7 Å². The van der Waals surface area contributed by atoms with Crippen molar-refractivity contribution < 1.29 is 13.5 Å². The van der Waals surface area contributed by atoms with Crippen LogP contribution in [0.4, 0.5) is 4.39 Å². The third-order valence-electron chi connectivity index (χ3n) is 3.09. The second-order valence-corrected chi connectivity index (χ2v) is 6.85. The highest BCUT2D eigenvalue weighted by atomic mass is 79.9. The molecule has 0 aliphatic rings. The topological polar surface area (TPSA) is 48.2 Å². The molecule has 3 aromatic rings. The Morgan fingerprint density at radius 2 is 1.79 bits per heavy atom. The maximum atomic E-state index is 12.8. The molecule has 0 spiro atoms. The van der Waals surface area contributed by atoms with Crippen LogP contribution < -0.4 is 4.74 Å². The van der Waals surface area contributed by atoms with Gasteiger partial charge < -0.3 is 9.15 Å². The lowest BCUT2D eigenvalue weighted by Gasteiger charge is -2.04. The molecule has 4 nitrogen and oxygen atoms in total. The number of ether oxygens (including phenoxy) is 1. The third-order valence-corrected chi connectivity index (χ3v) is 4.53.